The summed E-state index contributed by atoms with van der Waals surface area (Å²) in [7, 11) is 1.53. The summed E-state index contributed by atoms with van der Waals surface area (Å²) in [5.74, 6) is -0.0300. The molecule has 0 spiro atoms. The molecule has 0 saturated carbocycles. The van der Waals surface area contributed by atoms with Gasteiger partial charge in [0.25, 0.3) is 11.5 Å². The van der Waals surface area contributed by atoms with Crippen LogP contribution in [0.1, 0.15) is 15.9 Å². The van der Waals surface area contributed by atoms with E-state index in [0.717, 1.165) is 16.7 Å². The Balaban J connectivity index is 1.91. The lowest BCUT2D eigenvalue weighted by Gasteiger charge is -2.15. The Morgan fingerprint density at radius 1 is 0.935 bits per heavy atom. The van der Waals surface area contributed by atoms with Gasteiger partial charge in [0.1, 0.15) is 11.3 Å². The highest BCUT2D eigenvalue weighted by Crippen LogP contribution is 2.32. The van der Waals surface area contributed by atoms with Crippen LogP contribution < -0.4 is 15.6 Å². The van der Waals surface area contributed by atoms with Gasteiger partial charge in [-0.1, -0.05) is 66.7 Å². The summed E-state index contributed by atoms with van der Waals surface area (Å²) in [6.07, 6.45) is 0. The van der Waals surface area contributed by atoms with Gasteiger partial charge in [-0.3, -0.25) is 9.59 Å². The summed E-state index contributed by atoms with van der Waals surface area (Å²) in [5, 5.41) is 9.60. The molecule has 0 radical (unpaired) electrons. The van der Waals surface area contributed by atoms with Crippen LogP contribution in [0, 0.1) is 6.92 Å². The first-order valence-electron chi connectivity index (χ1n) is 9.78. The molecule has 154 valence electrons. The minimum Gasteiger partial charge on any atom is -0.495 e. The molecule has 0 aliphatic carbocycles. The number of amides is 1. The van der Waals surface area contributed by atoms with Crippen LogP contribution in [0.4, 0.5) is 5.69 Å². The van der Waals surface area contributed by atoms with Crippen LogP contribution >= 0.6 is 0 Å². The molecule has 4 aromatic rings. The highest BCUT2D eigenvalue weighted by atomic mass is 16.5. The van der Waals surface area contributed by atoms with Gasteiger partial charge >= 0.3 is 0 Å². The first kappa shape index (κ1) is 20.1. The van der Waals surface area contributed by atoms with Gasteiger partial charge in [-0.2, -0.15) is 5.10 Å². The van der Waals surface area contributed by atoms with Crippen molar-refractivity contribution in [2.45, 2.75) is 6.92 Å². The first-order valence-corrected chi connectivity index (χ1v) is 9.78. The maximum atomic E-state index is 13.4. The maximum Gasteiger partial charge on any atom is 0.277 e. The molecule has 0 aliphatic heterocycles. The third kappa shape index (κ3) is 4.09. The van der Waals surface area contributed by atoms with Crippen molar-refractivity contribution >= 4 is 11.6 Å². The number of nitrogens with zero attached hydrogens (tertiary/aromatic N) is 1. The number of carbonyl (C=O) groups excluding carboxylic acids is 1. The van der Waals surface area contributed by atoms with E-state index in [1.165, 1.54) is 7.11 Å². The van der Waals surface area contributed by atoms with Gasteiger partial charge in [-0.25, -0.2) is 5.10 Å². The molecule has 6 nitrogen and oxygen atoms in total. The summed E-state index contributed by atoms with van der Waals surface area (Å²) < 4.78 is 5.36. The molecule has 2 N–H and O–H groups in total. The molecule has 0 atom stereocenters. The van der Waals surface area contributed by atoms with Gasteiger partial charge in [0.05, 0.1) is 18.5 Å². The van der Waals surface area contributed by atoms with Crippen molar-refractivity contribution in [2.75, 3.05) is 12.4 Å². The van der Waals surface area contributed by atoms with Crippen molar-refractivity contribution in [2.24, 2.45) is 0 Å². The predicted octanol–water partition coefficient (Wildman–Crippen LogP) is 4.67. The summed E-state index contributed by atoms with van der Waals surface area (Å²) in [6.45, 7) is 1.91. The topological polar surface area (TPSA) is 84.1 Å². The minimum absolute atomic E-state index is 0.0105. The molecular formula is C25H21N3O3. The van der Waals surface area contributed by atoms with E-state index in [9.17, 15) is 9.59 Å². The molecule has 4 rings (SSSR count). The Hall–Kier alpha value is -4.19. The van der Waals surface area contributed by atoms with Crippen molar-refractivity contribution < 1.29 is 9.53 Å². The molecule has 0 fully saturated rings. The monoisotopic (exact) mass is 411 g/mol. The number of rotatable bonds is 5. The standard InChI is InChI=1S/C25H21N3O3/c1-16-13-14-20(31-2)19(15-16)26-24(29)22-21(17-9-5-3-6-10-17)23(27-28-25(22)30)18-11-7-4-8-12-18/h3-15H,1-2H3,(H,26,29)(H,28,30). The quantitative estimate of drug-likeness (QED) is 0.500. The number of benzene rings is 3. The van der Waals surface area contributed by atoms with Crippen molar-refractivity contribution in [1.29, 1.82) is 0 Å². The third-order valence-corrected chi connectivity index (χ3v) is 4.92. The number of hydrogen-bond acceptors (Lipinski definition) is 4. The molecule has 31 heavy (non-hydrogen) atoms. The number of ether oxygens (including phenoxy) is 1. The van der Waals surface area contributed by atoms with Gasteiger partial charge in [0, 0.05) is 11.1 Å². The molecule has 1 amide bonds. The number of hydrogen-bond donors (Lipinski definition) is 2. The van der Waals surface area contributed by atoms with Crippen LogP contribution in [-0.4, -0.2) is 23.2 Å². The SMILES string of the molecule is COc1ccc(C)cc1NC(=O)c1c(-c2ccccc2)c(-c2ccccc2)n[nH]c1=O. The van der Waals surface area contributed by atoms with Crippen LogP contribution in [0.25, 0.3) is 22.4 Å². The largest absolute Gasteiger partial charge is 0.495 e. The highest BCUT2D eigenvalue weighted by Gasteiger charge is 2.23. The number of methoxy groups -OCH3 is 1. The number of aryl methyl sites for hydroxylation is 1. The van der Waals surface area contributed by atoms with E-state index in [1.807, 2.05) is 73.7 Å². The van der Waals surface area contributed by atoms with E-state index >= 15 is 0 Å². The summed E-state index contributed by atoms with van der Waals surface area (Å²) in [4.78, 5) is 26.2. The lowest BCUT2D eigenvalue weighted by Crippen LogP contribution is -2.26. The lowest BCUT2D eigenvalue weighted by atomic mass is 9.95. The zero-order valence-corrected chi connectivity index (χ0v) is 17.2. The fourth-order valence-corrected chi connectivity index (χ4v) is 3.46. The van der Waals surface area contributed by atoms with Crippen LogP contribution in [0.15, 0.2) is 83.7 Å². The number of H-pyrrole nitrogens is 1. The van der Waals surface area contributed by atoms with Gasteiger partial charge in [-0.05, 0) is 30.2 Å². The van der Waals surface area contributed by atoms with E-state index < -0.39 is 11.5 Å². The first-order chi connectivity index (χ1) is 15.1. The van der Waals surface area contributed by atoms with Gasteiger partial charge in [-0.15, -0.1) is 0 Å². The molecule has 0 unspecified atom stereocenters. The summed E-state index contributed by atoms with van der Waals surface area (Å²) in [5.41, 5.74) is 3.37. The van der Waals surface area contributed by atoms with Gasteiger partial charge in [0.15, 0.2) is 0 Å². The average Bonchev–Trinajstić information content (AvgIpc) is 2.80. The van der Waals surface area contributed by atoms with Crippen LogP contribution in [0.3, 0.4) is 0 Å². The van der Waals surface area contributed by atoms with Crippen LogP contribution in [-0.2, 0) is 0 Å². The molecule has 1 aromatic heterocycles. The fraction of sp³-hybridized carbons (Fsp3) is 0.0800. The van der Waals surface area contributed by atoms with Gasteiger partial charge < -0.3 is 10.1 Å². The number of carbonyl (C=O) groups is 1. The minimum atomic E-state index is -0.567. The molecule has 0 saturated heterocycles. The average molecular weight is 411 g/mol. The fourth-order valence-electron chi connectivity index (χ4n) is 3.46. The molecule has 0 aliphatic rings. The van der Waals surface area contributed by atoms with E-state index in [1.54, 1.807) is 12.1 Å². The van der Waals surface area contributed by atoms with Crippen molar-refractivity contribution in [3.05, 3.63) is 100 Å². The highest BCUT2D eigenvalue weighted by molar-refractivity contribution is 6.10. The Morgan fingerprint density at radius 3 is 2.23 bits per heavy atom. The van der Waals surface area contributed by atoms with Crippen molar-refractivity contribution in [3.63, 3.8) is 0 Å². The Kier molecular flexibility index (Phi) is 5.62. The number of aromatic amines is 1. The zero-order valence-electron chi connectivity index (χ0n) is 17.2. The second-order valence-electron chi connectivity index (χ2n) is 7.04. The normalized spacial score (nSPS) is 10.5. The van der Waals surface area contributed by atoms with Gasteiger partial charge in [0.2, 0.25) is 0 Å². The Bertz CT molecular complexity index is 1280. The van der Waals surface area contributed by atoms with E-state index in [0.29, 0.717) is 22.7 Å². The molecule has 1 heterocycles. The van der Waals surface area contributed by atoms with Crippen molar-refractivity contribution in [1.82, 2.24) is 10.2 Å². The number of nitrogens with one attached hydrogen (secondary N) is 2. The second-order valence-corrected chi connectivity index (χ2v) is 7.04. The third-order valence-electron chi connectivity index (χ3n) is 4.92. The smallest absolute Gasteiger partial charge is 0.277 e. The van der Waals surface area contributed by atoms with E-state index in [4.69, 9.17) is 4.74 Å². The molecule has 3 aromatic carbocycles. The number of aromatic nitrogens is 2. The Morgan fingerprint density at radius 2 is 1.58 bits per heavy atom. The second kappa shape index (κ2) is 8.67. The predicted molar refractivity (Wildman–Crippen MR) is 121 cm³/mol. The summed E-state index contributed by atoms with van der Waals surface area (Å²) in [6, 6.07) is 24.2. The lowest BCUT2D eigenvalue weighted by molar-refractivity contribution is 0.102. The molecule has 0 bridgehead atoms. The number of anilines is 1. The van der Waals surface area contributed by atoms with Crippen molar-refractivity contribution in [3.8, 4) is 28.1 Å². The zero-order chi connectivity index (χ0) is 21.8. The molecular weight excluding hydrogens is 390 g/mol. The van der Waals surface area contributed by atoms with E-state index in [-0.39, 0.29) is 5.56 Å². The molecule has 6 heteroatoms. The summed E-state index contributed by atoms with van der Waals surface area (Å²) >= 11 is 0. The van der Waals surface area contributed by atoms with Crippen LogP contribution in [0.5, 0.6) is 5.75 Å². The maximum absolute atomic E-state index is 13.4. The Labute approximate surface area is 179 Å². The van der Waals surface area contributed by atoms with Crippen LogP contribution in [0.2, 0.25) is 0 Å². The van der Waals surface area contributed by atoms with E-state index in [2.05, 4.69) is 15.5 Å².